The van der Waals surface area contributed by atoms with Crippen LogP contribution in [-0.4, -0.2) is 15.2 Å². The molecule has 0 atom stereocenters. The van der Waals surface area contributed by atoms with Gasteiger partial charge in [-0.3, -0.25) is 0 Å². The summed E-state index contributed by atoms with van der Waals surface area (Å²) in [6.45, 7) is -0.133. The fourth-order valence-electron chi connectivity index (χ4n) is 2.36. The Hall–Kier alpha value is -2.61. The van der Waals surface area contributed by atoms with Gasteiger partial charge in [0.1, 0.15) is 5.82 Å². The molecule has 4 nitrogen and oxygen atoms in total. The number of hydrogen-bond acceptors (Lipinski definition) is 4. The second-order valence-corrected chi connectivity index (χ2v) is 6.77. The Morgan fingerprint density at radius 3 is 2.58 bits per heavy atom. The van der Waals surface area contributed by atoms with Gasteiger partial charge in [-0.2, -0.15) is 4.57 Å². The van der Waals surface area contributed by atoms with Crippen molar-refractivity contribution in [2.24, 2.45) is 0 Å². The van der Waals surface area contributed by atoms with Gasteiger partial charge in [-0.15, -0.1) is 11.3 Å². The number of aliphatic hydroxyl groups excluding tert-OH is 2. The summed E-state index contributed by atoms with van der Waals surface area (Å²) in [7, 11) is 0. The molecule has 2 aromatic heterocycles. The van der Waals surface area contributed by atoms with Gasteiger partial charge in [0.2, 0.25) is 5.76 Å². The molecule has 132 valence electrons. The van der Waals surface area contributed by atoms with Crippen LogP contribution in [0.2, 0.25) is 0 Å². The summed E-state index contributed by atoms with van der Waals surface area (Å²) in [6.07, 6.45) is 3.43. The average Bonchev–Trinajstić information content (AvgIpc) is 3.19. The molecule has 0 unspecified atom stereocenters. The molecule has 0 saturated carbocycles. The van der Waals surface area contributed by atoms with Crippen LogP contribution < -0.4 is 9.88 Å². The highest BCUT2D eigenvalue weighted by molar-refractivity contribution is 7.81. The Morgan fingerprint density at radius 2 is 1.92 bits per heavy atom. The summed E-state index contributed by atoms with van der Waals surface area (Å²) in [4.78, 5) is 0.924. The molecule has 3 aromatic rings. The Kier molecular flexibility index (Phi) is 5.72. The van der Waals surface area contributed by atoms with Crippen LogP contribution in [0, 0.1) is 5.82 Å². The maximum Gasteiger partial charge on any atom is 0.289 e. The molecule has 0 fully saturated rings. The molecule has 0 aliphatic carbocycles. The van der Waals surface area contributed by atoms with E-state index in [9.17, 15) is 14.6 Å². The summed E-state index contributed by atoms with van der Waals surface area (Å²) >= 11 is 6.88. The number of aliphatic hydroxyl groups is 2. The summed E-state index contributed by atoms with van der Waals surface area (Å²) in [5.74, 6) is -0.330. The minimum Gasteiger partial charge on any atom is -0.501 e. The number of nitrogens with one attached hydrogen (secondary N) is 1. The summed E-state index contributed by atoms with van der Waals surface area (Å²) in [6, 6.07) is 12.9. The summed E-state index contributed by atoms with van der Waals surface area (Å²) in [5, 5.41) is 25.1. The zero-order valence-corrected chi connectivity index (χ0v) is 15.2. The molecule has 3 rings (SSSR count). The summed E-state index contributed by atoms with van der Waals surface area (Å²) < 4.78 is 14.8. The Labute approximate surface area is 159 Å². The van der Waals surface area contributed by atoms with Crippen molar-refractivity contribution < 1.29 is 19.2 Å². The van der Waals surface area contributed by atoms with E-state index in [0.717, 1.165) is 0 Å². The third-order valence-corrected chi connectivity index (χ3v) is 4.77. The zero-order chi connectivity index (χ0) is 18.5. The standard InChI is InChI=1S/C19H15FN2O2S2/c20-14-5-7-15(8-6-14)21-19(25)17(18(24)16-4-2-10-26-16)22-9-1-3-13(11-22)12-23/h1-11,23H,12H2,(H-,21,24,25)/p+1. The van der Waals surface area contributed by atoms with Gasteiger partial charge in [-0.25, -0.2) is 4.39 Å². The second-order valence-electron chi connectivity index (χ2n) is 5.41. The number of rotatable bonds is 5. The number of nitrogens with zero attached hydrogens (tertiary/aromatic N) is 1. The Balaban J connectivity index is 2.04. The molecule has 0 saturated heterocycles. The number of aromatic nitrogens is 1. The van der Waals surface area contributed by atoms with Crippen LogP contribution in [0.4, 0.5) is 10.1 Å². The minimum absolute atomic E-state index is 0.0136. The van der Waals surface area contributed by atoms with Gasteiger partial charge in [-0.1, -0.05) is 18.3 Å². The maximum absolute atomic E-state index is 13.1. The van der Waals surface area contributed by atoms with Crippen LogP contribution >= 0.6 is 23.6 Å². The fourth-order valence-corrected chi connectivity index (χ4v) is 3.35. The van der Waals surface area contributed by atoms with E-state index >= 15 is 0 Å². The highest BCUT2D eigenvalue weighted by atomic mass is 32.1. The average molecular weight is 387 g/mol. The van der Waals surface area contributed by atoms with E-state index in [2.05, 4.69) is 5.32 Å². The van der Waals surface area contributed by atoms with Crippen molar-refractivity contribution in [3.63, 3.8) is 0 Å². The maximum atomic E-state index is 13.1. The SMILES string of the molecule is OCc1ccc[n+](/C(C(=S)Nc2ccc(F)cc2)=C(\O)c2cccs2)c1. The van der Waals surface area contributed by atoms with Crippen LogP contribution in [0.5, 0.6) is 0 Å². The molecule has 1 aromatic carbocycles. The van der Waals surface area contributed by atoms with E-state index in [1.807, 2.05) is 11.4 Å². The highest BCUT2D eigenvalue weighted by Crippen LogP contribution is 2.23. The van der Waals surface area contributed by atoms with Crippen LogP contribution in [-0.2, 0) is 6.61 Å². The van der Waals surface area contributed by atoms with E-state index < -0.39 is 0 Å². The van der Waals surface area contributed by atoms with Crippen molar-refractivity contribution >= 4 is 45.7 Å². The van der Waals surface area contributed by atoms with Gasteiger partial charge < -0.3 is 15.5 Å². The largest absolute Gasteiger partial charge is 0.501 e. The van der Waals surface area contributed by atoms with Crippen molar-refractivity contribution in [3.05, 3.63) is 82.6 Å². The molecule has 3 N–H and O–H groups in total. The predicted octanol–water partition coefficient (Wildman–Crippen LogP) is 3.99. The number of benzene rings is 1. The van der Waals surface area contributed by atoms with Crippen molar-refractivity contribution in [1.82, 2.24) is 0 Å². The lowest BCUT2D eigenvalue weighted by atomic mass is 10.2. The molecule has 0 aliphatic rings. The predicted molar refractivity (Wildman–Crippen MR) is 105 cm³/mol. The first-order valence-corrected chi connectivity index (χ1v) is 9.02. The van der Waals surface area contributed by atoms with Gasteiger partial charge in [0.25, 0.3) is 5.70 Å². The van der Waals surface area contributed by atoms with Crippen LogP contribution in [0.3, 0.4) is 0 Å². The van der Waals surface area contributed by atoms with Crippen molar-refractivity contribution in [3.8, 4) is 0 Å². The monoisotopic (exact) mass is 387 g/mol. The summed E-state index contributed by atoms with van der Waals surface area (Å²) in [5.41, 5.74) is 1.64. The van der Waals surface area contributed by atoms with Gasteiger partial charge in [-0.05, 0) is 41.8 Å². The topological polar surface area (TPSA) is 56.4 Å². The highest BCUT2D eigenvalue weighted by Gasteiger charge is 2.24. The third-order valence-electron chi connectivity index (χ3n) is 3.60. The number of thiophene rings is 1. The minimum atomic E-state index is -0.344. The van der Waals surface area contributed by atoms with Gasteiger partial charge in [0, 0.05) is 17.3 Å². The fraction of sp³-hybridized carbons (Fsp3) is 0.0526. The lowest BCUT2D eigenvalue weighted by Gasteiger charge is -2.10. The molecule has 2 heterocycles. The van der Waals surface area contributed by atoms with E-state index in [-0.39, 0.29) is 23.2 Å². The first-order chi connectivity index (χ1) is 12.6. The molecule has 0 aliphatic heterocycles. The molecule has 0 spiro atoms. The van der Waals surface area contributed by atoms with Gasteiger partial charge in [0.05, 0.1) is 11.5 Å². The number of pyridine rings is 1. The van der Waals surface area contributed by atoms with Gasteiger partial charge >= 0.3 is 0 Å². The lowest BCUT2D eigenvalue weighted by molar-refractivity contribution is -0.576. The number of hydrogen-bond donors (Lipinski definition) is 3. The molecule has 0 bridgehead atoms. The lowest BCUT2D eigenvalue weighted by Crippen LogP contribution is -2.38. The zero-order valence-electron chi connectivity index (χ0n) is 13.6. The second kappa shape index (κ2) is 8.18. The normalized spacial score (nSPS) is 11.8. The molecule has 26 heavy (non-hydrogen) atoms. The quantitative estimate of drug-likeness (QED) is 0.268. The Bertz CT molecular complexity index is 938. The van der Waals surface area contributed by atoms with Crippen molar-refractivity contribution in [1.29, 1.82) is 0 Å². The number of thiocarbonyl (C=S) groups is 1. The molecule has 7 heteroatoms. The van der Waals surface area contributed by atoms with E-state index in [1.165, 1.54) is 23.5 Å². The van der Waals surface area contributed by atoms with Crippen LogP contribution in [0.1, 0.15) is 10.4 Å². The third kappa shape index (κ3) is 4.13. The molecular weight excluding hydrogens is 371 g/mol. The Morgan fingerprint density at radius 1 is 1.15 bits per heavy atom. The number of anilines is 1. The van der Waals surface area contributed by atoms with Crippen LogP contribution in [0.25, 0.3) is 11.5 Å². The molecular formula is C19H16FN2O2S2+. The van der Waals surface area contributed by atoms with Crippen molar-refractivity contribution in [2.45, 2.75) is 6.61 Å². The first kappa shape index (κ1) is 18.2. The van der Waals surface area contributed by atoms with Gasteiger partial charge in [0.15, 0.2) is 17.4 Å². The van der Waals surface area contributed by atoms with Crippen molar-refractivity contribution in [2.75, 3.05) is 5.32 Å². The molecule has 0 amide bonds. The van der Waals surface area contributed by atoms with E-state index in [0.29, 0.717) is 21.8 Å². The van der Waals surface area contributed by atoms with E-state index in [4.69, 9.17) is 12.2 Å². The molecule has 0 radical (unpaired) electrons. The number of halogens is 1. The first-order valence-electron chi connectivity index (χ1n) is 7.74. The van der Waals surface area contributed by atoms with E-state index in [1.54, 1.807) is 47.3 Å². The van der Waals surface area contributed by atoms with Crippen LogP contribution in [0.15, 0.2) is 66.3 Å². The smallest absolute Gasteiger partial charge is 0.289 e.